The van der Waals surface area contributed by atoms with Crippen LogP contribution >= 0.6 is 0 Å². The van der Waals surface area contributed by atoms with Crippen LogP contribution < -0.4 is 0 Å². The van der Waals surface area contributed by atoms with Crippen molar-refractivity contribution < 1.29 is 28.6 Å². The van der Waals surface area contributed by atoms with Crippen LogP contribution in [0.25, 0.3) is 0 Å². The third-order valence-corrected chi connectivity index (χ3v) is 10.6. The quantitative estimate of drug-likeness (QED) is 0.541. The van der Waals surface area contributed by atoms with Gasteiger partial charge in [0, 0.05) is 35.7 Å². The topological polar surface area (TPSA) is 78.9 Å². The fourth-order valence-electron chi connectivity index (χ4n) is 8.95. The smallest absolute Gasteiger partial charge is 0.331 e. The molecule has 0 amide bonds. The number of hydrogen-bond donors (Lipinski definition) is 0. The first-order valence-corrected chi connectivity index (χ1v) is 12.8. The summed E-state index contributed by atoms with van der Waals surface area (Å²) in [6.07, 6.45) is 8.54. The Labute approximate surface area is 202 Å². The number of cyclic esters (lactones) is 1. The van der Waals surface area contributed by atoms with Crippen molar-refractivity contribution in [3.05, 3.63) is 24.0 Å². The van der Waals surface area contributed by atoms with Crippen molar-refractivity contribution in [1.82, 2.24) is 0 Å². The number of rotatable bonds is 2. The Kier molecular flexibility index (Phi) is 5.17. The van der Waals surface area contributed by atoms with Crippen molar-refractivity contribution in [3.8, 4) is 0 Å². The molecule has 5 rings (SSSR count). The lowest BCUT2D eigenvalue weighted by Crippen LogP contribution is -2.67. The van der Waals surface area contributed by atoms with Gasteiger partial charge in [-0.1, -0.05) is 34.6 Å². The maximum Gasteiger partial charge on any atom is 0.331 e. The predicted molar refractivity (Wildman–Crippen MR) is 125 cm³/mol. The summed E-state index contributed by atoms with van der Waals surface area (Å²) in [5, 5.41) is 0. The van der Waals surface area contributed by atoms with Crippen LogP contribution in [0.3, 0.4) is 0 Å². The number of hydrogen-bond acceptors (Lipinski definition) is 6. The number of fused-ring (bicyclic) bond motifs is 5. The number of esters is 2. The van der Waals surface area contributed by atoms with Gasteiger partial charge in [-0.05, 0) is 54.6 Å². The number of ether oxygens (including phenoxy) is 3. The molecule has 0 bridgehead atoms. The summed E-state index contributed by atoms with van der Waals surface area (Å²) in [5.74, 6) is -0.0311. The molecule has 8 atom stereocenters. The molecule has 0 N–H and O–H groups in total. The van der Waals surface area contributed by atoms with E-state index in [-0.39, 0.29) is 46.6 Å². The summed E-state index contributed by atoms with van der Waals surface area (Å²) >= 11 is 0. The molecule has 3 unspecified atom stereocenters. The van der Waals surface area contributed by atoms with Gasteiger partial charge < -0.3 is 14.2 Å². The Bertz CT molecular complexity index is 993. The molecule has 6 nitrogen and oxygen atoms in total. The maximum atomic E-state index is 13.0. The largest absolute Gasteiger partial charge is 0.501 e. The van der Waals surface area contributed by atoms with E-state index < -0.39 is 16.9 Å². The van der Waals surface area contributed by atoms with E-state index in [1.807, 2.05) is 6.08 Å². The lowest BCUT2D eigenvalue weighted by atomic mass is 9.37. The Morgan fingerprint density at radius 1 is 1.09 bits per heavy atom. The monoisotopic (exact) mass is 470 g/mol. The van der Waals surface area contributed by atoms with Gasteiger partial charge in [0.1, 0.15) is 18.0 Å². The minimum atomic E-state index is -0.513. The van der Waals surface area contributed by atoms with Crippen LogP contribution in [0, 0.1) is 39.4 Å². The third kappa shape index (κ3) is 3.02. The van der Waals surface area contributed by atoms with Gasteiger partial charge in [-0.15, -0.1) is 0 Å². The van der Waals surface area contributed by atoms with Crippen LogP contribution in [0.15, 0.2) is 24.0 Å². The summed E-state index contributed by atoms with van der Waals surface area (Å²) in [4.78, 5) is 38.3. The number of ketones is 1. The highest BCUT2D eigenvalue weighted by atomic mass is 16.6. The zero-order valence-electron chi connectivity index (χ0n) is 21.3. The summed E-state index contributed by atoms with van der Waals surface area (Å²) in [5.41, 5.74) is -0.386. The van der Waals surface area contributed by atoms with Crippen LogP contribution in [0.2, 0.25) is 0 Å². The molecule has 5 aliphatic rings. The van der Waals surface area contributed by atoms with Gasteiger partial charge in [-0.25, -0.2) is 4.79 Å². The molecule has 2 heterocycles. The molecule has 0 saturated heterocycles. The fraction of sp³-hybridized carbons (Fsp3) is 0.750. The molecular weight excluding hydrogens is 432 g/mol. The Balaban J connectivity index is 1.65. The van der Waals surface area contributed by atoms with Gasteiger partial charge in [0.2, 0.25) is 0 Å². The summed E-state index contributed by atoms with van der Waals surface area (Å²) in [6, 6.07) is 0. The molecule has 2 aliphatic heterocycles. The normalized spacial score (nSPS) is 46.9. The van der Waals surface area contributed by atoms with Crippen molar-refractivity contribution in [2.45, 2.75) is 85.9 Å². The average molecular weight is 471 g/mol. The zero-order chi connectivity index (χ0) is 24.7. The molecule has 3 saturated carbocycles. The molecule has 0 spiro atoms. The minimum absolute atomic E-state index is 0.00290. The second-order valence-electron chi connectivity index (χ2n) is 12.6. The average Bonchev–Trinajstić information content (AvgIpc) is 3.28. The number of carbonyl (C=O) groups excluding carboxylic acids is 3. The van der Waals surface area contributed by atoms with Crippen molar-refractivity contribution >= 4 is 17.7 Å². The SMILES string of the molecule is CC(=O)O[C@@H]1CC2C(C)(C)C(=O)CC[C@]2(C)C2CC[C@]3(C)C(=CC(=O)OC3[C@@H]3C=COC3)[C@@]21C. The summed E-state index contributed by atoms with van der Waals surface area (Å²) < 4.78 is 17.6. The van der Waals surface area contributed by atoms with Crippen LogP contribution in [-0.4, -0.2) is 36.5 Å². The van der Waals surface area contributed by atoms with Crippen LogP contribution in [-0.2, 0) is 28.6 Å². The molecule has 3 fully saturated rings. The van der Waals surface area contributed by atoms with Crippen molar-refractivity contribution in [2.24, 2.45) is 39.4 Å². The van der Waals surface area contributed by atoms with Crippen molar-refractivity contribution in [2.75, 3.05) is 6.61 Å². The Hall–Kier alpha value is -2.11. The molecule has 0 radical (unpaired) electrons. The van der Waals surface area contributed by atoms with Gasteiger partial charge in [-0.2, -0.15) is 0 Å². The highest BCUT2D eigenvalue weighted by Gasteiger charge is 2.69. The molecule has 6 heteroatoms. The van der Waals surface area contributed by atoms with Crippen LogP contribution in [0.1, 0.15) is 73.6 Å². The van der Waals surface area contributed by atoms with E-state index in [0.29, 0.717) is 25.2 Å². The standard InChI is InChI=1S/C28H38O6/c1-16(29)33-22-13-19-25(2,3)21(30)8-11-26(19,4)18-7-10-27(5)20(28(18,22)6)14-23(31)34-24(27)17-9-12-32-15-17/h9,12,14,17-19,22,24H,7-8,10-11,13,15H2,1-6H3/t17-,18?,19?,22-,24?,26-,27-,28-/m1/s1. The molecule has 0 aromatic rings. The van der Waals surface area contributed by atoms with Gasteiger partial charge in [-0.3, -0.25) is 9.59 Å². The van der Waals surface area contributed by atoms with Crippen molar-refractivity contribution in [3.63, 3.8) is 0 Å². The fourth-order valence-corrected chi connectivity index (χ4v) is 8.95. The highest BCUT2D eigenvalue weighted by Crippen LogP contribution is 2.71. The first-order chi connectivity index (χ1) is 15.8. The highest BCUT2D eigenvalue weighted by molar-refractivity contribution is 5.86. The first-order valence-electron chi connectivity index (χ1n) is 12.8. The lowest BCUT2D eigenvalue weighted by molar-refractivity contribution is -0.211. The molecule has 3 aliphatic carbocycles. The molecule has 34 heavy (non-hydrogen) atoms. The van der Waals surface area contributed by atoms with E-state index in [1.165, 1.54) is 6.92 Å². The van der Waals surface area contributed by atoms with E-state index in [0.717, 1.165) is 24.8 Å². The van der Waals surface area contributed by atoms with E-state index in [9.17, 15) is 14.4 Å². The molecule has 186 valence electrons. The van der Waals surface area contributed by atoms with Gasteiger partial charge >= 0.3 is 11.9 Å². The second-order valence-corrected chi connectivity index (χ2v) is 12.6. The van der Waals surface area contributed by atoms with E-state index in [1.54, 1.807) is 12.3 Å². The first kappa shape index (κ1) is 23.6. The third-order valence-electron chi connectivity index (χ3n) is 10.6. The van der Waals surface area contributed by atoms with Gasteiger partial charge in [0.15, 0.2) is 0 Å². The zero-order valence-corrected chi connectivity index (χ0v) is 21.3. The maximum absolute atomic E-state index is 13.0. The minimum Gasteiger partial charge on any atom is -0.501 e. The predicted octanol–water partition coefficient (Wildman–Crippen LogP) is 4.77. The van der Waals surface area contributed by atoms with Gasteiger partial charge in [0.05, 0.1) is 18.8 Å². The second kappa shape index (κ2) is 7.44. The van der Waals surface area contributed by atoms with E-state index >= 15 is 0 Å². The molecule has 0 aromatic heterocycles. The van der Waals surface area contributed by atoms with Gasteiger partial charge in [0.25, 0.3) is 0 Å². The Morgan fingerprint density at radius 3 is 2.47 bits per heavy atom. The Morgan fingerprint density at radius 2 is 1.82 bits per heavy atom. The summed E-state index contributed by atoms with van der Waals surface area (Å²) in [7, 11) is 0. The number of carbonyl (C=O) groups is 3. The van der Waals surface area contributed by atoms with Crippen molar-refractivity contribution in [1.29, 1.82) is 0 Å². The van der Waals surface area contributed by atoms with E-state index in [4.69, 9.17) is 14.2 Å². The number of Topliss-reactive ketones (excluding diaryl/α,β-unsaturated/α-hetero) is 1. The van der Waals surface area contributed by atoms with Crippen LogP contribution in [0.4, 0.5) is 0 Å². The van der Waals surface area contributed by atoms with E-state index in [2.05, 4.69) is 34.6 Å². The summed E-state index contributed by atoms with van der Waals surface area (Å²) in [6.45, 7) is 12.8. The molecular formula is C28H38O6. The lowest BCUT2D eigenvalue weighted by Gasteiger charge is -2.68. The molecule has 0 aromatic carbocycles. The van der Waals surface area contributed by atoms with Crippen LogP contribution in [0.5, 0.6) is 0 Å².